The van der Waals surface area contributed by atoms with Gasteiger partial charge in [0.1, 0.15) is 0 Å². The molecule has 2 aliphatic rings. The van der Waals surface area contributed by atoms with E-state index in [0.717, 1.165) is 34.1 Å². The van der Waals surface area contributed by atoms with Crippen LogP contribution in [0, 0.1) is 0 Å². The van der Waals surface area contributed by atoms with Crippen molar-refractivity contribution in [3.8, 4) is 22.3 Å². The first-order chi connectivity index (χ1) is 47.6. The van der Waals surface area contributed by atoms with Crippen LogP contribution in [0.25, 0.3) is 108 Å². The molecule has 2 unspecified atom stereocenters. The van der Waals surface area contributed by atoms with Crippen molar-refractivity contribution in [2.24, 2.45) is 0 Å². The van der Waals surface area contributed by atoms with E-state index in [0.29, 0.717) is 0 Å². The number of rotatable bonds is 9. The zero-order valence-electron chi connectivity index (χ0n) is 52.5. The molecule has 0 saturated carbocycles. The second-order valence-corrected chi connectivity index (χ2v) is 26.2. The van der Waals surface area contributed by atoms with Gasteiger partial charge in [-0.1, -0.05) is 303 Å². The Labute approximate surface area is 557 Å². The molecule has 0 aliphatic heterocycles. The Morgan fingerprint density at radius 2 is 0.417 bits per heavy atom. The number of fused-ring (bicyclic) bond motifs is 18. The van der Waals surface area contributed by atoms with E-state index in [2.05, 4.69) is 374 Å². The van der Waals surface area contributed by atoms with Gasteiger partial charge < -0.3 is 9.80 Å². The molecule has 0 radical (unpaired) electrons. The predicted octanol–water partition coefficient (Wildman–Crippen LogP) is 25.2. The number of hydrogen-bond donors (Lipinski definition) is 0. The lowest BCUT2D eigenvalue weighted by molar-refractivity contribution is 0.438. The minimum absolute atomic E-state index is 1.03. The molecule has 2 atom stereocenters. The lowest BCUT2D eigenvalue weighted by atomic mass is 9.49. The first-order valence-corrected chi connectivity index (χ1v) is 33.5. The molecule has 0 aromatic heterocycles. The van der Waals surface area contributed by atoms with Crippen LogP contribution in [-0.4, -0.2) is 0 Å². The van der Waals surface area contributed by atoms with Crippen LogP contribution in [0.4, 0.5) is 34.1 Å². The van der Waals surface area contributed by atoms with Crippen molar-refractivity contribution in [2.45, 2.75) is 10.8 Å². The highest BCUT2D eigenvalue weighted by Crippen LogP contribution is 2.73. The molecule has 0 spiro atoms. The molecule has 18 aromatic carbocycles. The molecular weight excluding hydrogens is 1160 g/mol. The average Bonchev–Trinajstić information content (AvgIpc) is 1.44. The topological polar surface area (TPSA) is 6.48 Å². The Morgan fingerprint density at radius 1 is 0.167 bits per heavy atom. The highest BCUT2D eigenvalue weighted by Gasteiger charge is 2.65. The van der Waals surface area contributed by atoms with Crippen molar-refractivity contribution in [3.05, 3.63) is 397 Å². The summed E-state index contributed by atoms with van der Waals surface area (Å²) in [5.74, 6) is 0. The van der Waals surface area contributed by atoms with Gasteiger partial charge in [0.15, 0.2) is 0 Å². The summed E-state index contributed by atoms with van der Waals surface area (Å²) < 4.78 is 0. The standard InChI is InChI=1S/C94H60N2/c1-3-33-71(34-4-1)93(83-53-47-65-27-15-17-37-77(65)89(83)91-81-41-21-19-39-79(81)87(59-85(91)93)95(73-49-43-61-23-7-11-29-67(61)55-73)74-50-44-62-24-8-12-30-68(62)56-74)94(72-35-5-2-6-36-72)84-54-48-66-28-16-18-38-78(66)90(84)92-82-42-22-20-40-80(82)88(60-86(92)94)96(75-51-45-63-25-9-13-31-69(63)57-75)76-52-46-64-26-10-14-32-70(64)58-76/h1-60H. The van der Waals surface area contributed by atoms with Crippen LogP contribution < -0.4 is 9.80 Å². The van der Waals surface area contributed by atoms with Gasteiger partial charge in [-0.25, -0.2) is 0 Å². The number of nitrogens with zero attached hydrogens (tertiary/aromatic N) is 2. The van der Waals surface area contributed by atoms with Crippen molar-refractivity contribution < 1.29 is 0 Å². The van der Waals surface area contributed by atoms with Crippen LogP contribution in [0.5, 0.6) is 0 Å². The molecule has 446 valence electrons. The zero-order valence-corrected chi connectivity index (χ0v) is 52.5. The third kappa shape index (κ3) is 7.70. The quantitative estimate of drug-likeness (QED) is 0.142. The molecule has 20 rings (SSSR count). The summed E-state index contributed by atoms with van der Waals surface area (Å²) in [6.07, 6.45) is 0. The predicted molar refractivity (Wildman–Crippen MR) is 406 cm³/mol. The Bertz CT molecular complexity index is 5710. The van der Waals surface area contributed by atoms with Crippen molar-refractivity contribution in [1.29, 1.82) is 0 Å². The smallest absolute Gasteiger partial charge is 0.0642 e. The van der Waals surface area contributed by atoms with Crippen molar-refractivity contribution >= 4 is 120 Å². The van der Waals surface area contributed by atoms with E-state index in [9.17, 15) is 0 Å². The highest BCUT2D eigenvalue weighted by molar-refractivity contribution is 6.20. The summed E-state index contributed by atoms with van der Waals surface area (Å²) >= 11 is 0. The van der Waals surface area contributed by atoms with Crippen LogP contribution in [0.15, 0.2) is 364 Å². The molecule has 0 amide bonds. The van der Waals surface area contributed by atoms with E-state index in [1.54, 1.807) is 0 Å². The molecular formula is C94H60N2. The summed E-state index contributed by atoms with van der Waals surface area (Å²) in [7, 11) is 0. The van der Waals surface area contributed by atoms with E-state index >= 15 is 0 Å². The molecule has 2 heteroatoms. The SMILES string of the molecule is c1ccc(C2(C3(c4ccccc4)c4ccc5ccccc5c4-c4c3cc(N(c3ccc5ccccc5c3)c3ccc5ccccc5c3)c3ccccc43)c3ccc4ccccc4c3-c3c2cc(N(c2ccc4ccccc4c2)c2ccc4ccccc4c2)c2ccccc32)cc1. The summed E-state index contributed by atoms with van der Waals surface area (Å²) in [4.78, 5) is 5.13. The fourth-order valence-corrected chi connectivity index (χ4v) is 17.6. The average molecular weight is 1220 g/mol. The van der Waals surface area contributed by atoms with Crippen LogP contribution >= 0.6 is 0 Å². The first kappa shape index (κ1) is 54.2. The summed E-state index contributed by atoms with van der Waals surface area (Å²) in [5.41, 5.74) is 16.9. The molecule has 0 N–H and O–H groups in total. The van der Waals surface area contributed by atoms with Crippen LogP contribution in [0.3, 0.4) is 0 Å². The number of benzene rings is 18. The third-order valence-corrected chi connectivity index (χ3v) is 21.4. The summed E-state index contributed by atoms with van der Waals surface area (Å²) in [5, 5.41) is 19.1. The van der Waals surface area contributed by atoms with E-state index in [1.165, 1.54) is 142 Å². The van der Waals surface area contributed by atoms with Crippen molar-refractivity contribution in [2.75, 3.05) is 9.80 Å². The van der Waals surface area contributed by atoms with E-state index in [4.69, 9.17) is 0 Å². The van der Waals surface area contributed by atoms with Gasteiger partial charge in [-0.15, -0.1) is 0 Å². The second kappa shape index (κ2) is 21.1. The van der Waals surface area contributed by atoms with Gasteiger partial charge in [0.2, 0.25) is 0 Å². The molecule has 0 fully saturated rings. The minimum Gasteiger partial charge on any atom is -0.310 e. The minimum atomic E-state index is -1.03. The molecule has 0 heterocycles. The van der Waals surface area contributed by atoms with Crippen LogP contribution in [0.2, 0.25) is 0 Å². The maximum Gasteiger partial charge on any atom is 0.0642 e. The Kier molecular flexibility index (Phi) is 11.9. The van der Waals surface area contributed by atoms with Gasteiger partial charge in [-0.3, -0.25) is 0 Å². The van der Waals surface area contributed by atoms with Gasteiger partial charge in [0.25, 0.3) is 0 Å². The maximum absolute atomic E-state index is 2.66. The molecule has 0 bridgehead atoms. The van der Waals surface area contributed by atoms with Crippen LogP contribution in [-0.2, 0) is 10.8 Å². The lowest BCUT2D eigenvalue weighted by Gasteiger charge is -2.51. The molecule has 0 saturated heterocycles. The zero-order chi connectivity index (χ0) is 63.1. The molecule has 2 aliphatic carbocycles. The number of hydrogen-bond acceptors (Lipinski definition) is 2. The highest BCUT2D eigenvalue weighted by atomic mass is 15.2. The summed E-state index contributed by atoms with van der Waals surface area (Å²) in [6, 6.07) is 139. The fraction of sp³-hybridized carbons (Fsp3) is 0.0213. The van der Waals surface area contributed by atoms with Gasteiger partial charge in [0, 0.05) is 33.5 Å². The van der Waals surface area contributed by atoms with E-state index in [-0.39, 0.29) is 0 Å². The van der Waals surface area contributed by atoms with Gasteiger partial charge in [-0.2, -0.15) is 0 Å². The Balaban J connectivity index is 1.01. The van der Waals surface area contributed by atoms with Crippen LogP contribution in [0.1, 0.15) is 33.4 Å². The monoisotopic (exact) mass is 1220 g/mol. The van der Waals surface area contributed by atoms with Crippen molar-refractivity contribution in [1.82, 2.24) is 0 Å². The summed E-state index contributed by atoms with van der Waals surface area (Å²) in [6.45, 7) is 0. The molecule has 2 nitrogen and oxygen atoms in total. The number of anilines is 6. The molecule has 18 aromatic rings. The van der Waals surface area contributed by atoms with Gasteiger partial charge >= 0.3 is 0 Å². The van der Waals surface area contributed by atoms with Gasteiger partial charge in [0.05, 0.1) is 22.2 Å². The second-order valence-electron chi connectivity index (χ2n) is 26.2. The normalized spacial score (nSPS) is 15.4. The van der Waals surface area contributed by atoms with Crippen molar-refractivity contribution in [3.63, 3.8) is 0 Å². The Morgan fingerprint density at radius 3 is 0.750 bits per heavy atom. The fourth-order valence-electron chi connectivity index (χ4n) is 17.6. The molecule has 96 heavy (non-hydrogen) atoms. The van der Waals surface area contributed by atoms with Gasteiger partial charge in [-0.05, 0) is 192 Å². The van der Waals surface area contributed by atoms with E-state index < -0.39 is 10.8 Å². The third-order valence-electron chi connectivity index (χ3n) is 21.4. The van der Waals surface area contributed by atoms with E-state index in [1.807, 2.05) is 0 Å². The maximum atomic E-state index is 2.66. The Hall–Kier alpha value is -12.4. The lowest BCUT2D eigenvalue weighted by Crippen LogP contribution is -2.50. The largest absolute Gasteiger partial charge is 0.310 e. The first-order valence-electron chi connectivity index (χ1n) is 33.5.